The minimum absolute atomic E-state index is 0.165. The molecule has 0 N–H and O–H groups in total. The second-order valence-corrected chi connectivity index (χ2v) is 8.41. The van der Waals surface area contributed by atoms with Crippen LogP contribution >= 0.6 is 11.6 Å². The molecule has 0 saturated heterocycles. The van der Waals surface area contributed by atoms with Crippen LogP contribution in [0.2, 0.25) is 5.02 Å². The number of pyridine rings is 3. The van der Waals surface area contributed by atoms with E-state index < -0.39 is 5.97 Å². The van der Waals surface area contributed by atoms with Gasteiger partial charge >= 0.3 is 11.9 Å². The lowest BCUT2D eigenvalue weighted by Crippen LogP contribution is -2.19. The highest BCUT2D eigenvalue weighted by Crippen LogP contribution is 2.28. The summed E-state index contributed by atoms with van der Waals surface area (Å²) in [5.41, 5.74) is 1.87. The molecule has 9 nitrogen and oxygen atoms in total. The molecule has 5 rings (SSSR count). The molecule has 37 heavy (non-hydrogen) atoms. The summed E-state index contributed by atoms with van der Waals surface area (Å²) in [6.45, 7) is 2.06. The average Bonchev–Trinajstić information content (AvgIpc) is 3.31. The summed E-state index contributed by atoms with van der Waals surface area (Å²) in [5, 5.41) is 2.43. The molecule has 0 spiro atoms. The number of aryl methyl sites for hydroxylation is 1. The monoisotopic (exact) mass is 519 g/mol. The van der Waals surface area contributed by atoms with Gasteiger partial charge in [0.2, 0.25) is 0 Å². The molecule has 10 heteroatoms. The Balaban J connectivity index is 0.000000245. The molecular formula is C27H22ClN3O6. The maximum atomic E-state index is 12.6. The molecule has 0 unspecified atom stereocenters. The first kappa shape index (κ1) is 25.6. The zero-order chi connectivity index (χ0) is 26.5. The molecule has 0 fully saturated rings. The number of methoxy groups -OCH3 is 2. The number of furan rings is 1. The van der Waals surface area contributed by atoms with E-state index in [2.05, 4.69) is 14.7 Å². The molecule has 0 amide bonds. The van der Waals surface area contributed by atoms with E-state index >= 15 is 0 Å². The molecule has 188 valence electrons. The van der Waals surface area contributed by atoms with Crippen LogP contribution in [0.15, 0.2) is 76.6 Å². The summed E-state index contributed by atoms with van der Waals surface area (Å²) in [4.78, 5) is 43.3. The number of aromatic nitrogens is 3. The number of fused-ring (bicyclic) bond motifs is 2. The zero-order valence-corrected chi connectivity index (χ0v) is 21.0. The van der Waals surface area contributed by atoms with E-state index in [9.17, 15) is 14.4 Å². The molecule has 0 atom stereocenters. The van der Waals surface area contributed by atoms with Crippen LogP contribution < -0.4 is 5.56 Å². The molecule has 4 aromatic heterocycles. The number of benzene rings is 1. The van der Waals surface area contributed by atoms with Gasteiger partial charge in [-0.25, -0.2) is 9.59 Å². The smallest absolute Gasteiger partial charge is 0.341 e. The minimum atomic E-state index is -0.535. The summed E-state index contributed by atoms with van der Waals surface area (Å²) in [6, 6.07) is 10.4. The van der Waals surface area contributed by atoms with E-state index in [1.807, 2.05) is 13.0 Å². The van der Waals surface area contributed by atoms with Crippen LogP contribution in [-0.4, -0.2) is 40.7 Å². The van der Waals surface area contributed by atoms with Gasteiger partial charge in [0.15, 0.2) is 0 Å². The first-order valence-electron chi connectivity index (χ1n) is 11.0. The predicted molar refractivity (Wildman–Crippen MR) is 138 cm³/mol. The van der Waals surface area contributed by atoms with Gasteiger partial charge in [0.05, 0.1) is 31.7 Å². The molecule has 0 aliphatic heterocycles. The number of halogens is 1. The Morgan fingerprint density at radius 2 is 1.65 bits per heavy atom. The van der Waals surface area contributed by atoms with E-state index in [-0.39, 0.29) is 23.6 Å². The lowest BCUT2D eigenvalue weighted by molar-refractivity contribution is 0.0591. The second kappa shape index (κ2) is 11.0. The van der Waals surface area contributed by atoms with Crippen LogP contribution in [-0.2, 0) is 16.0 Å². The number of carbonyl (C=O) groups is 2. The van der Waals surface area contributed by atoms with Gasteiger partial charge in [-0.3, -0.25) is 14.8 Å². The van der Waals surface area contributed by atoms with Crippen molar-refractivity contribution in [2.45, 2.75) is 13.5 Å². The summed E-state index contributed by atoms with van der Waals surface area (Å²) >= 11 is 6.07. The largest absolute Gasteiger partial charge is 0.465 e. The number of hydrogen-bond acceptors (Lipinski definition) is 8. The van der Waals surface area contributed by atoms with Crippen molar-refractivity contribution in [1.82, 2.24) is 14.5 Å². The van der Waals surface area contributed by atoms with Gasteiger partial charge in [-0.05, 0) is 54.3 Å². The van der Waals surface area contributed by atoms with Crippen molar-refractivity contribution in [3.63, 3.8) is 0 Å². The van der Waals surface area contributed by atoms with Crippen molar-refractivity contribution in [2.75, 3.05) is 14.2 Å². The molecule has 5 aromatic rings. The van der Waals surface area contributed by atoms with E-state index in [4.69, 9.17) is 20.8 Å². The molecular weight excluding hydrogens is 498 g/mol. The fraction of sp³-hybridized carbons (Fsp3) is 0.148. The van der Waals surface area contributed by atoms with Crippen molar-refractivity contribution < 1.29 is 23.5 Å². The maximum absolute atomic E-state index is 12.6. The molecule has 0 bridgehead atoms. The number of rotatable bonds is 4. The lowest BCUT2D eigenvalue weighted by atomic mass is 10.1. The number of carbonyl (C=O) groups excluding carboxylic acids is 2. The standard InChI is InChI=1S/C19H13ClN2O4.C8H9NO2/c1-25-19(24)15-8-13(20)6-12-7-14(26-17(12)15)10-22-5-3-11-2-4-21-9-16(11)18(22)23;1-6-3-4-9-5-7(6)8(10)11-2/h2-9H,10H2,1H3;3-5H,1-2H3. The van der Waals surface area contributed by atoms with Gasteiger partial charge < -0.3 is 18.5 Å². The van der Waals surface area contributed by atoms with Gasteiger partial charge in [-0.1, -0.05) is 11.6 Å². The third kappa shape index (κ3) is 5.52. The maximum Gasteiger partial charge on any atom is 0.341 e. The highest BCUT2D eigenvalue weighted by Gasteiger charge is 2.17. The molecule has 0 saturated carbocycles. The van der Waals surface area contributed by atoms with E-state index in [1.165, 1.54) is 31.0 Å². The highest BCUT2D eigenvalue weighted by molar-refractivity contribution is 6.32. The van der Waals surface area contributed by atoms with Gasteiger partial charge in [0.1, 0.15) is 16.9 Å². The van der Waals surface area contributed by atoms with Crippen molar-refractivity contribution in [3.8, 4) is 0 Å². The van der Waals surface area contributed by atoms with Crippen LogP contribution in [0.25, 0.3) is 21.7 Å². The van der Waals surface area contributed by atoms with Crippen LogP contribution in [0.5, 0.6) is 0 Å². The third-order valence-electron chi connectivity index (χ3n) is 5.59. The van der Waals surface area contributed by atoms with Crippen molar-refractivity contribution in [3.05, 3.63) is 105 Å². The zero-order valence-electron chi connectivity index (χ0n) is 20.2. The Kier molecular flexibility index (Phi) is 7.64. The van der Waals surface area contributed by atoms with E-state index in [0.29, 0.717) is 32.7 Å². The van der Waals surface area contributed by atoms with E-state index in [0.717, 1.165) is 10.9 Å². The number of ether oxygens (including phenoxy) is 2. The normalized spacial score (nSPS) is 10.6. The Labute approximate surface area is 216 Å². The SMILES string of the molecule is COC(=O)c1cc(Cl)cc2cc(Cn3ccc4ccncc4c3=O)oc12.COC(=O)c1cnccc1C. The fourth-order valence-corrected chi connectivity index (χ4v) is 3.94. The van der Waals surface area contributed by atoms with Gasteiger partial charge in [-0.15, -0.1) is 0 Å². The summed E-state index contributed by atoms with van der Waals surface area (Å²) in [7, 11) is 2.65. The van der Waals surface area contributed by atoms with Crippen molar-refractivity contribution >= 4 is 45.3 Å². The van der Waals surface area contributed by atoms with Crippen LogP contribution in [0.3, 0.4) is 0 Å². The minimum Gasteiger partial charge on any atom is -0.465 e. The first-order valence-corrected chi connectivity index (χ1v) is 11.4. The first-order chi connectivity index (χ1) is 17.8. The topological polar surface area (TPSA) is 114 Å². The van der Waals surface area contributed by atoms with Crippen molar-refractivity contribution in [2.24, 2.45) is 0 Å². The van der Waals surface area contributed by atoms with Gasteiger partial charge in [0, 0.05) is 41.4 Å². The fourth-order valence-electron chi connectivity index (χ4n) is 3.71. The highest BCUT2D eigenvalue weighted by atomic mass is 35.5. The van der Waals surface area contributed by atoms with Gasteiger partial charge in [-0.2, -0.15) is 0 Å². The second-order valence-electron chi connectivity index (χ2n) is 7.97. The average molecular weight is 520 g/mol. The quantitative estimate of drug-likeness (QED) is 0.311. The van der Waals surface area contributed by atoms with Crippen LogP contribution in [0.4, 0.5) is 0 Å². The lowest BCUT2D eigenvalue weighted by Gasteiger charge is -2.05. The predicted octanol–water partition coefficient (Wildman–Crippen LogP) is 4.81. The van der Waals surface area contributed by atoms with Crippen molar-refractivity contribution in [1.29, 1.82) is 0 Å². The Bertz CT molecular complexity index is 1670. The summed E-state index contributed by atoms with van der Waals surface area (Å²) in [5.74, 6) is -0.347. The Morgan fingerprint density at radius 3 is 2.38 bits per heavy atom. The Hall–Kier alpha value is -4.50. The molecule has 1 aromatic carbocycles. The third-order valence-corrected chi connectivity index (χ3v) is 5.81. The van der Waals surface area contributed by atoms with Crippen LogP contribution in [0, 0.1) is 6.92 Å². The van der Waals surface area contributed by atoms with E-state index in [1.54, 1.807) is 49.1 Å². The molecule has 4 heterocycles. The van der Waals surface area contributed by atoms with Gasteiger partial charge in [0.25, 0.3) is 5.56 Å². The summed E-state index contributed by atoms with van der Waals surface area (Å²) < 4.78 is 16.7. The number of nitrogens with zero attached hydrogens (tertiary/aromatic N) is 3. The van der Waals surface area contributed by atoms with Crippen LogP contribution in [0.1, 0.15) is 32.0 Å². The summed E-state index contributed by atoms with van der Waals surface area (Å²) in [6.07, 6.45) is 8.03. The molecule has 0 radical (unpaired) electrons. The number of esters is 2. The number of hydrogen-bond donors (Lipinski definition) is 0. The Morgan fingerprint density at radius 1 is 0.946 bits per heavy atom. The molecule has 0 aliphatic rings. The molecule has 0 aliphatic carbocycles.